The number of nitrogens with one attached hydrogen (secondary N) is 1. The Bertz CT molecular complexity index is 906. The monoisotopic (exact) mass is 393 g/mol. The zero-order chi connectivity index (χ0) is 17.1. The van der Waals surface area contributed by atoms with Crippen molar-refractivity contribution < 1.29 is 13.5 Å². The van der Waals surface area contributed by atoms with Crippen molar-refractivity contribution in [3.63, 3.8) is 0 Å². The van der Waals surface area contributed by atoms with Gasteiger partial charge in [0.1, 0.15) is 5.82 Å². The first kappa shape index (κ1) is 16.3. The second-order valence-electron chi connectivity index (χ2n) is 4.89. The highest BCUT2D eigenvalue weighted by Crippen LogP contribution is 2.18. The first-order valence-electron chi connectivity index (χ1n) is 6.99. The summed E-state index contributed by atoms with van der Waals surface area (Å²) in [6, 6.07) is 11.7. The molecule has 8 heteroatoms. The molecule has 0 fully saturated rings. The Morgan fingerprint density at radius 3 is 2.71 bits per heavy atom. The van der Waals surface area contributed by atoms with E-state index in [4.69, 9.17) is 9.15 Å². The molecule has 0 radical (unpaired) electrons. The third kappa shape index (κ3) is 3.48. The molecule has 1 heterocycles. The van der Waals surface area contributed by atoms with Gasteiger partial charge >= 0.3 is 11.8 Å². The highest BCUT2D eigenvalue weighted by atomic mass is 79.9. The van der Waals surface area contributed by atoms with Crippen molar-refractivity contribution in [2.75, 3.05) is 12.4 Å². The maximum atomic E-state index is 13.7. The van der Waals surface area contributed by atoms with Gasteiger partial charge in [0.05, 0.1) is 12.8 Å². The Morgan fingerprint density at radius 2 is 2.04 bits per heavy atom. The van der Waals surface area contributed by atoms with Gasteiger partial charge in [-0.3, -0.25) is 0 Å². The quantitative estimate of drug-likeness (QED) is 0.719. The normalized spacial score (nSPS) is 10.6. The van der Waals surface area contributed by atoms with Crippen molar-refractivity contribution in [2.24, 2.45) is 0 Å². The standard InChI is InChI=1S/C16H13BrFN3O3/c1-23-15-20-21(16(22)24-15)13-5-3-12(4-6-13)19-9-10-8-11(17)2-7-14(10)18/h2-8,19H,9H2,1H3. The highest BCUT2D eigenvalue weighted by Gasteiger charge is 2.10. The maximum Gasteiger partial charge on any atom is 0.444 e. The maximum absolute atomic E-state index is 13.7. The van der Waals surface area contributed by atoms with Crippen LogP contribution in [0.3, 0.4) is 0 Å². The molecule has 3 rings (SSSR count). The van der Waals surface area contributed by atoms with Crippen molar-refractivity contribution in [2.45, 2.75) is 6.54 Å². The van der Waals surface area contributed by atoms with Crippen LogP contribution in [0, 0.1) is 5.82 Å². The molecule has 0 unspecified atom stereocenters. The molecule has 0 aliphatic heterocycles. The Morgan fingerprint density at radius 1 is 1.29 bits per heavy atom. The Kier molecular flexibility index (Phi) is 4.66. The fraction of sp³-hybridized carbons (Fsp3) is 0.125. The van der Waals surface area contributed by atoms with Crippen LogP contribution in [-0.4, -0.2) is 16.9 Å². The number of hydrogen-bond donors (Lipinski definition) is 1. The van der Waals surface area contributed by atoms with E-state index in [1.165, 1.54) is 13.2 Å². The molecular formula is C16H13BrFN3O3. The summed E-state index contributed by atoms with van der Waals surface area (Å²) in [4.78, 5) is 11.7. The molecule has 0 aliphatic rings. The molecule has 24 heavy (non-hydrogen) atoms. The minimum absolute atomic E-state index is 0.104. The molecule has 0 saturated carbocycles. The molecule has 0 bridgehead atoms. The number of benzene rings is 2. The van der Waals surface area contributed by atoms with Gasteiger partial charge in [0.15, 0.2) is 0 Å². The average molecular weight is 394 g/mol. The van der Waals surface area contributed by atoms with Crippen molar-refractivity contribution in [3.8, 4) is 11.8 Å². The Labute approximate surface area is 145 Å². The lowest BCUT2D eigenvalue weighted by molar-refractivity contribution is 0.282. The number of anilines is 1. The predicted molar refractivity (Wildman–Crippen MR) is 90.1 cm³/mol. The van der Waals surface area contributed by atoms with E-state index in [2.05, 4.69) is 26.3 Å². The number of nitrogens with zero attached hydrogens (tertiary/aromatic N) is 2. The van der Waals surface area contributed by atoms with Gasteiger partial charge in [-0.1, -0.05) is 21.0 Å². The summed E-state index contributed by atoms with van der Waals surface area (Å²) in [5, 5.41) is 7.01. The SMILES string of the molecule is COc1nn(-c2ccc(NCc3cc(Br)ccc3F)cc2)c(=O)o1. The minimum Gasteiger partial charge on any atom is -0.452 e. The minimum atomic E-state index is -0.635. The Balaban J connectivity index is 1.74. The van der Waals surface area contributed by atoms with Gasteiger partial charge < -0.3 is 14.5 Å². The third-order valence-electron chi connectivity index (χ3n) is 3.31. The number of methoxy groups -OCH3 is 1. The van der Waals surface area contributed by atoms with Gasteiger partial charge in [-0.15, -0.1) is 0 Å². The number of halogens is 2. The fourth-order valence-electron chi connectivity index (χ4n) is 2.10. The molecule has 0 spiro atoms. The van der Waals surface area contributed by atoms with Crippen LogP contribution in [0.25, 0.3) is 5.69 Å². The lowest BCUT2D eigenvalue weighted by atomic mass is 10.2. The fourth-order valence-corrected chi connectivity index (χ4v) is 2.51. The summed E-state index contributed by atoms with van der Waals surface area (Å²) < 4.78 is 25.2. The number of ether oxygens (including phenoxy) is 1. The van der Waals surface area contributed by atoms with Crippen LogP contribution in [0.5, 0.6) is 6.08 Å². The lowest BCUT2D eigenvalue weighted by Crippen LogP contribution is -2.13. The largest absolute Gasteiger partial charge is 0.452 e. The molecule has 1 aromatic heterocycles. The zero-order valence-corrected chi connectivity index (χ0v) is 14.2. The first-order valence-corrected chi connectivity index (χ1v) is 7.78. The summed E-state index contributed by atoms with van der Waals surface area (Å²) in [5.74, 6) is -0.910. The summed E-state index contributed by atoms with van der Waals surface area (Å²) in [6.07, 6.45) is -0.104. The van der Waals surface area contributed by atoms with Crippen molar-refractivity contribution in [3.05, 3.63) is 68.9 Å². The number of hydrogen-bond acceptors (Lipinski definition) is 5. The molecule has 0 aliphatic carbocycles. The molecule has 3 aromatic rings. The van der Waals surface area contributed by atoms with E-state index >= 15 is 0 Å². The van der Waals surface area contributed by atoms with Gasteiger partial charge in [0.25, 0.3) is 0 Å². The highest BCUT2D eigenvalue weighted by molar-refractivity contribution is 9.10. The van der Waals surface area contributed by atoms with Crippen molar-refractivity contribution in [1.82, 2.24) is 9.78 Å². The van der Waals surface area contributed by atoms with Gasteiger partial charge in [-0.25, -0.2) is 9.18 Å². The van der Waals surface area contributed by atoms with Crippen LogP contribution in [0.4, 0.5) is 10.1 Å². The summed E-state index contributed by atoms with van der Waals surface area (Å²) in [7, 11) is 1.36. The lowest BCUT2D eigenvalue weighted by Gasteiger charge is -2.08. The van der Waals surface area contributed by atoms with Gasteiger partial charge in [-0.05, 0) is 42.5 Å². The van der Waals surface area contributed by atoms with Crippen LogP contribution in [0.1, 0.15) is 5.56 Å². The van der Waals surface area contributed by atoms with Crippen LogP contribution in [0.15, 0.2) is 56.1 Å². The van der Waals surface area contributed by atoms with Crippen molar-refractivity contribution in [1.29, 1.82) is 0 Å². The van der Waals surface area contributed by atoms with E-state index in [0.29, 0.717) is 17.8 Å². The van der Waals surface area contributed by atoms with E-state index in [9.17, 15) is 9.18 Å². The summed E-state index contributed by atoms with van der Waals surface area (Å²) in [6.45, 7) is 0.336. The van der Waals surface area contributed by atoms with Gasteiger partial charge in [0.2, 0.25) is 0 Å². The van der Waals surface area contributed by atoms with E-state index in [1.807, 2.05) is 0 Å². The second kappa shape index (κ2) is 6.88. The Hall–Kier alpha value is -2.61. The van der Waals surface area contributed by atoms with E-state index < -0.39 is 5.76 Å². The van der Waals surface area contributed by atoms with Crippen LogP contribution in [0.2, 0.25) is 0 Å². The van der Waals surface area contributed by atoms with Crippen molar-refractivity contribution >= 4 is 21.6 Å². The average Bonchev–Trinajstić information content (AvgIpc) is 2.97. The summed E-state index contributed by atoms with van der Waals surface area (Å²) >= 11 is 3.32. The predicted octanol–water partition coefficient (Wildman–Crippen LogP) is 3.35. The molecular weight excluding hydrogens is 381 g/mol. The van der Waals surface area contributed by atoms with Crippen LogP contribution in [-0.2, 0) is 6.54 Å². The number of aromatic nitrogens is 2. The van der Waals surface area contributed by atoms with Crippen LogP contribution >= 0.6 is 15.9 Å². The zero-order valence-electron chi connectivity index (χ0n) is 12.6. The third-order valence-corrected chi connectivity index (χ3v) is 3.80. The molecule has 1 N–H and O–H groups in total. The number of rotatable bonds is 5. The summed E-state index contributed by atoms with van der Waals surface area (Å²) in [5.41, 5.74) is 1.86. The van der Waals surface area contributed by atoms with Gasteiger partial charge in [-0.2, -0.15) is 4.68 Å². The topological polar surface area (TPSA) is 69.3 Å². The molecule has 0 amide bonds. The first-order chi connectivity index (χ1) is 11.6. The van der Waals surface area contributed by atoms with Crippen LogP contribution < -0.4 is 15.8 Å². The smallest absolute Gasteiger partial charge is 0.444 e. The second-order valence-corrected chi connectivity index (χ2v) is 5.80. The van der Waals surface area contributed by atoms with Gasteiger partial charge in [0, 0.05) is 22.3 Å². The molecule has 2 aromatic carbocycles. The molecule has 124 valence electrons. The molecule has 0 saturated heterocycles. The van der Waals surface area contributed by atoms with E-state index in [0.717, 1.165) is 14.8 Å². The molecule has 0 atom stereocenters. The molecule has 6 nitrogen and oxygen atoms in total. The van der Waals surface area contributed by atoms with E-state index in [-0.39, 0.29) is 11.9 Å². The van der Waals surface area contributed by atoms with E-state index in [1.54, 1.807) is 36.4 Å².